The number of benzene rings is 2. The normalized spacial score (nSPS) is 12.4. The molecule has 0 atom stereocenters. The minimum atomic E-state index is -0.384. The molecule has 0 spiro atoms. The van der Waals surface area contributed by atoms with Crippen molar-refractivity contribution in [2.75, 3.05) is 6.61 Å². The van der Waals surface area contributed by atoms with Crippen molar-refractivity contribution in [3.05, 3.63) is 63.4 Å². The second-order valence-electron chi connectivity index (χ2n) is 7.63. The van der Waals surface area contributed by atoms with Crippen molar-refractivity contribution >= 4 is 45.0 Å². The first kappa shape index (κ1) is 21.3. The Morgan fingerprint density at radius 2 is 1.83 bits per heavy atom. The molecule has 0 aliphatic heterocycles. The quantitative estimate of drug-likeness (QED) is 0.549. The van der Waals surface area contributed by atoms with Gasteiger partial charge in [0.15, 0.2) is 4.80 Å². The van der Waals surface area contributed by atoms with Gasteiger partial charge in [0, 0.05) is 10.6 Å². The SMILES string of the molecule is CCOC(=O)Cn1c(=NC(=O)c2ccc(C(C)(C)C)cc2)sc2cc(Cl)ccc21. The Bertz CT molecular complexity index is 1120. The molecule has 0 aliphatic carbocycles. The fourth-order valence-electron chi connectivity index (χ4n) is 2.89. The third-order valence-electron chi connectivity index (χ3n) is 4.43. The number of hydrogen-bond donors (Lipinski definition) is 0. The van der Waals surface area contributed by atoms with Crippen LogP contribution < -0.4 is 4.80 Å². The van der Waals surface area contributed by atoms with Crippen LogP contribution in [0.4, 0.5) is 0 Å². The van der Waals surface area contributed by atoms with Crippen molar-refractivity contribution in [1.29, 1.82) is 0 Å². The third kappa shape index (κ3) is 4.95. The highest BCUT2D eigenvalue weighted by molar-refractivity contribution is 7.16. The van der Waals surface area contributed by atoms with Crippen molar-refractivity contribution < 1.29 is 14.3 Å². The molecule has 1 heterocycles. The Hall–Kier alpha value is -2.44. The molecule has 0 N–H and O–H groups in total. The van der Waals surface area contributed by atoms with E-state index >= 15 is 0 Å². The fraction of sp³-hybridized carbons (Fsp3) is 0.318. The van der Waals surface area contributed by atoms with Gasteiger partial charge in [0.1, 0.15) is 6.54 Å². The molecular formula is C22H23ClN2O3S. The third-order valence-corrected chi connectivity index (χ3v) is 5.71. The van der Waals surface area contributed by atoms with Gasteiger partial charge in [-0.25, -0.2) is 0 Å². The lowest BCUT2D eigenvalue weighted by Gasteiger charge is -2.18. The van der Waals surface area contributed by atoms with Gasteiger partial charge < -0.3 is 9.30 Å². The molecule has 0 bridgehead atoms. The van der Waals surface area contributed by atoms with Crippen molar-refractivity contribution in [2.24, 2.45) is 4.99 Å². The Morgan fingerprint density at radius 3 is 2.45 bits per heavy atom. The van der Waals surface area contributed by atoms with E-state index in [0.29, 0.717) is 22.0 Å². The highest BCUT2D eigenvalue weighted by Gasteiger charge is 2.16. The molecule has 0 radical (unpaired) electrons. The number of esters is 1. The molecular weight excluding hydrogens is 408 g/mol. The lowest BCUT2D eigenvalue weighted by atomic mass is 9.87. The molecule has 3 aromatic rings. The average molecular weight is 431 g/mol. The molecule has 0 saturated carbocycles. The van der Waals surface area contributed by atoms with Crippen LogP contribution in [0.3, 0.4) is 0 Å². The zero-order valence-electron chi connectivity index (χ0n) is 16.9. The van der Waals surface area contributed by atoms with Gasteiger partial charge in [-0.3, -0.25) is 9.59 Å². The Labute approximate surface area is 178 Å². The summed E-state index contributed by atoms with van der Waals surface area (Å²) in [5, 5.41) is 0.581. The first-order chi connectivity index (χ1) is 13.7. The first-order valence-corrected chi connectivity index (χ1v) is 10.5. The summed E-state index contributed by atoms with van der Waals surface area (Å²) in [6, 6.07) is 12.8. The number of fused-ring (bicyclic) bond motifs is 1. The van der Waals surface area contributed by atoms with Gasteiger partial charge in [0.05, 0.1) is 16.8 Å². The maximum absolute atomic E-state index is 12.8. The van der Waals surface area contributed by atoms with Gasteiger partial charge in [-0.15, -0.1) is 0 Å². The molecule has 0 unspecified atom stereocenters. The number of ether oxygens (including phenoxy) is 1. The van der Waals surface area contributed by atoms with Crippen LogP contribution in [0.5, 0.6) is 0 Å². The molecule has 29 heavy (non-hydrogen) atoms. The maximum atomic E-state index is 12.8. The second-order valence-corrected chi connectivity index (χ2v) is 9.08. The summed E-state index contributed by atoms with van der Waals surface area (Å²) in [4.78, 5) is 29.6. The van der Waals surface area contributed by atoms with Gasteiger partial charge in [0.25, 0.3) is 5.91 Å². The van der Waals surface area contributed by atoms with Crippen LogP contribution >= 0.6 is 22.9 Å². The Balaban J connectivity index is 2.04. The predicted molar refractivity (Wildman–Crippen MR) is 116 cm³/mol. The van der Waals surface area contributed by atoms with Gasteiger partial charge in [0.2, 0.25) is 0 Å². The van der Waals surface area contributed by atoms with Crippen molar-refractivity contribution in [2.45, 2.75) is 39.7 Å². The lowest BCUT2D eigenvalue weighted by Crippen LogP contribution is -2.23. The van der Waals surface area contributed by atoms with Gasteiger partial charge in [-0.2, -0.15) is 4.99 Å². The van der Waals surface area contributed by atoms with E-state index in [1.165, 1.54) is 11.3 Å². The largest absolute Gasteiger partial charge is 0.465 e. The number of hydrogen-bond acceptors (Lipinski definition) is 4. The van der Waals surface area contributed by atoms with Gasteiger partial charge >= 0.3 is 5.97 Å². The van der Waals surface area contributed by atoms with Crippen LogP contribution in [0.25, 0.3) is 10.2 Å². The summed E-state index contributed by atoms with van der Waals surface area (Å²) in [5.74, 6) is -0.744. The van der Waals surface area contributed by atoms with E-state index in [1.807, 2.05) is 18.2 Å². The van der Waals surface area contributed by atoms with Crippen LogP contribution in [0.15, 0.2) is 47.5 Å². The summed E-state index contributed by atoms with van der Waals surface area (Å²) in [7, 11) is 0. The highest BCUT2D eigenvalue weighted by Crippen LogP contribution is 2.23. The summed E-state index contributed by atoms with van der Waals surface area (Å²) < 4.78 is 7.60. The first-order valence-electron chi connectivity index (χ1n) is 9.33. The number of aromatic nitrogens is 1. The minimum Gasteiger partial charge on any atom is -0.465 e. The number of halogens is 1. The predicted octanol–water partition coefficient (Wildman–Crippen LogP) is 4.96. The fourth-order valence-corrected chi connectivity index (χ4v) is 4.19. The van der Waals surface area contributed by atoms with Gasteiger partial charge in [-0.05, 0) is 48.2 Å². The van der Waals surface area contributed by atoms with Crippen molar-refractivity contribution in [1.82, 2.24) is 4.57 Å². The van der Waals surface area contributed by atoms with E-state index in [-0.39, 0.29) is 23.8 Å². The van der Waals surface area contributed by atoms with E-state index in [1.54, 1.807) is 35.8 Å². The minimum absolute atomic E-state index is 0.00608. The van der Waals surface area contributed by atoms with Crippen LogP contribution in [-0.4, -0.2) is 23.1 Å². The standard InChI is InChI=1S/C22H23ClN2O3S/c1-5-28-19(26)13-25-17-11-10-16(23)12-18(17)29-21(25)24-20(27)14-6-8-15(9-7-14)22(2,3)4/h6-12H,5,13H2,1-4H3. The maximum Gasteiger partial charge on any atom is 0.326 e. The van der Waals surface area contributed by atoms with E-state index in [9.17, 15) is 9.59 Å². The van der Waals surface area contributed by atoms with Crippen molar-refractivity contribution in [3.8, 4) is 0 Å². The molecule has 1 aromatic heterocycles. The Kier molecular flexibility index (Phi) is 6.24. The molecule has 7 heteroatoms. The van der Waals surface area contributed by atoms with Crippen LogP contribution in [-0.2, 0) is 21.5 Å². The van der Waals surface area contributed by atoms with Crippen molar-refractivity contribution in [3.63, 3.8) is 0 Å². The topological polar surface area (TPSA) is 60.7 Å². The molecule has 152 valence electrons. The molecule has 0 saturated heterocycles. The monoisotopic (exact) mass is 430 g/mol. The molecule has 0 fully saturated rings. The number of thiazole rings is 1. The smallest absolute Gasteiger partial charge is 0.326 e. The molecule has 0 aliphatic rings. The molecule has 5 nitrogen and oxygen atoms in total. The zero-order valence-corrected chi connectivity index (χ0v) is 18.4. The van der Waals surface area contributed by atoms with E-state index < -0.39 is 0 Å². The number of amides is 1. The van der Waals surface area contributed by atoms with Crippen LogP contribution in [0, 0.1) is 0 Å². The number of nitrogens with zero attached hydrogens (tertiary/aromatic N) is 2. The van der Waals surface area contributed by atoms with Gasteiger partial charge in [-0.1, -0.05) is 55.8 Å². The number of carbonyl (C=O) groups is 2. The van der Waals surface area contributed by atoms with E-state index in [0.717, 1.165) is 15.8 Å². The second kappa shape index (κ2) is 8.51. The summed E-state index contributed by atoms with van der Waals surface area (Å²) in [6.07, 6.45) is 0. The molecule has 2 aromatic carbocycles. The number of carbonyl (C=O) groups excluding carboxylic acids is 2. The molecule has 1 amide bonds. The lowest BCUT2D eigenvalue weighted by molar-refractivity contribution is -0.143. The summed E-state index contributed by atoms with van der Waals surface area (Å²) in [5.41, 5.74) is 2.42. The van der Waals surface area contributed by atoms with E-state index in [2.05, 4.69) is 25.8 Å². The summed E-state index contributed by atoms with van der Waals surface area (Å²) in [6.45, 7) is 8.38. The summed E-state index contributed by atoms with van der Waals surface area (Å²) >= 11 is 7.41. The highest BCUT2D eigenvalue weighted by atomic mass is 35.5. The number of rotatable bonds is 4. The van der Waals surface area contributed by atoms with E-state index in [4.69, 9.17) is 16.3 Å². The van der Waals surface area contributed by atoms with Crippen LogP contribution in [0.1, 0.15) is 43.6 Å². The average Bonchev–Trinajstić information content (AvgIpc) is 2.97. The van der Waals surface area contributed by atoms with Crippen LogP contribution in [0.2, 0.25) is 5.02 Å². The molecule has 3 rings (SSSR count). The Morgan fingerprint density at radius 1 is 1.14 bits per heavy atom. The zero-order chi connectivity index (χ0) is 21.2.